The van der Waals surface area contributed by atoms with Crippen LogP contribution in [0.25, 0.3) is 22.0 Å². The maximum Gasteiger partial charge on any atom is 0.223 e. The Labute approximate surface area is 154 Å². The van der Waals surface area contributed by atoms with Crippen molar-refractivity contribution in [3.63, 3.8) is 0 Å². The van der Waals surface area contributed by atoms with E-state index in [4.69, 9.17) is 9.83 Å². The molecule has 0 aliphatic heterocycles. The van der Waals surface area contributed by atoms with Gasteiger partial charge in [-0.05, 0) is 17.7 Å². The highest BCUT2D eigenvalue weighted by Gasteiger charge is 2.21. The zero-order chi connectivity index (χ0) is 19.0. The summed E-state index contributed by atoms with van der Waals surface area (Å²) in [7, 11) is 0. The van der Waals surface area contributed by atoms with E-state index >= 15 is 0 Å². The fourth-order valence-corrected chi connectivity index (χ4v) is 3.30. The van der Waals surface area contributed by atoms with E-state index in [2.05, 4.69) is 5.32 Å². The lowest BCUT2D eigenvalue weighted by Crippen LogP contribution is -2.18. The molecule has 0 spiro atoms. The third kappa shape index (κ3) is 2.81. The molecule has 1 amide bonds. The molecule has 0 atom stereocenters. The molecule has 2 N–H and O–H groups in total. The Hall–Kier alpha value is -3.67. The number of rotatable bonds is 4. The van der Waals surface area contributed by atoms with Gasteiger partial charge in [-0.3, -0.25) is 14.9 Å². The second-order valence-electron chi connectivity index (χ2n) is 6.27. The van der Waals surface area contributed by atoms with E-state index in [0.717, 1.165) is 22.7 Å². The fraction of sp³-hybridized carbons (Fsp3) is 0.0952. The highest BCUT2D eigenvalue weighted by molar-refractivity contribution is 6.07. The van der Waals surface area contributed by atoms with Gasteiger partial charge in [0.25, 0.3) is 0 Å². The number of aromatic nitrogens is 1. The van der Waals surface area contributed by atoms with Crippen molar-refractivity contribution in [3.8, 4) is 0 Å². The van der Waals surface area contributed by atoms with Crippen molar-refractivity contribution in [2.45, 2.75) is 13.5 Å². The van der Waals surface area contributed by atoms with Crippen molar-refractivity contribution in [2.75, 3.05) is 5.32 Å². The quantitative estimate of drug-likeness (QED) is 0.544. The molecule has 27 heavy (non-hydrogen) atoms. The number of amides is 1. The minimum Gasteiger partial charge on any atom is -0.437 e. The van der Waals surface area contributed by atoms with Gasteiger partial charge in [0.1, 0.15) is 11.1 Å². The number of nitrogens with zero attached hydrogens (tertiary/aromatic N) is 1. The minimum absolute atomic E-state index is 0.00221. The topological polar surface area (TPSA) is 88.1 Å². The molecule has 0 fully saturated rings. The SMILES string of the molecule is CC(=O)Nc1oc2c3ccccc3n(Cc3ccccc3)c2c(=O)c1C=N. The molecule has 2 aromatic carbocycles. The Bertz CT molecular complexity index is 1240. The van der Waals surface area contributed by atoms with Crippen LogP contribution < -0.4 is 10.7 Å². The van der Waals surface area contributed by atoms with Crippen molar-refractivity contribution in [2.24, 2.45) is 0 Å². The van der Waals surface area contributed by atoms with E-state index in [1.54, 1.807) is 0 Å². The Morgan fingerprint density at radius 3 is 2.56 bits per heavy atom. The summed E-state index contributed by atoms with van der Waals surface area (Å²) in [6, 6.07) is 17.4. The largest absolute Gasteiger partial charge is 0.437 e. The van der Waals surface area contributed by atoms with Gasteiger partial charge in [0, 0.05) is 25.1 Å². The number of benzene rings is 2. The summed E-state index contributed by atoms with van der Waals surface area (Å²) in [5.41, 5.74) is 2.36. The Morgan fingerprint density at radius 2 is 1.85 bits per heavy atom. The molecule has 0 unspecified atom stereocenters. The standard InChI is InChI=1S/C21H17N3O3/c1-13(25)23-21-16(11-22)19(26)18-20(27-21)15-9-5-6-10-17(15)24(18)12-14-7-3-2-4-8-14/h2-11,22H,12H2,1H3,(H,23,25). The maximum absolute atomic E-state index is 13.2. The minimum atomic E-state index is -0.367. The zero-order valence-electron chi connectivity index (χ0n) is 14.7. The highest BCUT2D eigenvalue weighted by atomic mass is 16.4. The second-order valence-corrected chi connectivity index (χ2v) is 6.27. The Kier molecular flexibility index (Phi) is 4.08. The van der Waals surface area contributed by atoms with E-state index < -0.39 is 0 Å². The molecule has 0 aliphatic rings. The summed E-state index contributed by atoms with van der Waals surface area (Å²) in [5.74, 6) is -0.369. The van der Waals surface area contributed by atoms with Gasteiger partial charge < -0.3 is 14.4 Å². The van der Waals surface area contributed by atoms with E-state index in [9.17, 15) is 9.59 Å². The number of fused-ring (bicyclic) bond motifs is 3. The summed E-state index contributed by atoms with van der Waals surface area (Å²) < 4.78 is 7.80. The van der Waals surface area contributed by atoms with Crippen molar-refractivity contribution >= 4 is 40.0 Å². The van der Waals surface area contributed by atoms with Gasteiger partial charge >= 0.3 is 0 Å². The Balaban J connectivity index is 2.08. The molecule has 6 nitrogen and oxygen atoms in total. The lowest BCUT2D eigenvalue weighted by molar-refractivity contribution is -0.114. The predicted molar refractivity (Wildman–Crippen MR) is 106 cm³/mol. The number of hydrogen-bond acceptors (Lipinski definition) is 4. The first-order valence-electron chi connectivity index (χ1n) is 8.50. The average molecular weight is 359 g/mol. The number of hydrogen-bond donors (Lipinski definition) is 2. The van der Waals surface area contributed by atoms with Crippen molar-refractivity contribution in [3.05, 3.63) is 75.9 Å². The van der Waals surface area contributed by atoms with Gasteiger partial charge in [-0.15, -0.1) is 0 Å². The molecular formula is C21H17N3O3. The van der Waals surface area contributed by atoms with E-state index in [1.807, 2.05) is 59.2 Å². The summed E-state index contributed by atoms with van der Waals surface area (Å²) in [6.45, 7) is 1.82. The maximum atomic E-state index is 13.2. The number of para-hydroxylation sites is 1. The Morgan fingerprint density at radius 1 is 1.15 bits per heavy atom. The van der Waals surface area contributed by atoms with Gasteiger partial charge in [-0.25, -0.2) is 0 Å². The van der Waals surface area contributed by atoms with E-state index in [0.29, 0.717) is 17.6 Å². The number of nitrogens with one attached hydrogen (secondary N) is 2. The first-order chi connectivity index (χ1) is 13.1. The van der Waals surface area contributed by atoms with Crippen LogP contribution in [0.5, 0.6) is 0 Å². The van der Waals surface area contributed by atoms with E-state index in [-0.39, 0.29) is 22.8 Å². The third-order valence-corrected chi connectivity index (χ3v) is 4.45. The molecule has 134 valence electrons. The van der Waals surface area contributed by atoms with Crippen LogP contribution >= 0.6 is 0 Å². The van der Waals surface area contributed by atoms with Crippen LogP contribution in [0.1, 0.15) is 18.1 Å². The van der Waals surface area contributed by atoms with Gasteiger partial charge in [0.2, 0.25) is 17.2 Å². The molecule has 2 heterocycles. The van der Waals surface area contributed by atoms with Crippen LogP contribution in [0.15, 0.2) is 63.8 Å². The molecule has 6 heteroatoms. The molecule has 0 radical (unpaired) electrons. The normalized spacial score (nSPS) is 11.0. The molecule has 0 bridgehead atoms. The van der Waals surface area contributed by atoms with E-state index in [1.165, 1.54) is 6.92 Å². The monoisotopic (exact) mass is 359 g/mol. The first-order valence-corrected chi connectivity index (χ1v) is 8.50. The van der Waals surface area contributed by atoms with Gasteiger partial charge in [-0.1, -0.05) is 42.5 Å². The lowest BCUT2D eigenvalue weighted by atomic mass is 10.2. The van der Waals surface area contributed by atoms with Gasteiger partial charge in [0.15, 0.2) is 5.58 Å². The van der Waals surface area contributed by atoms with Crippen molar-refractivity contribution < 1.29 is 9.21 Å². The molecule has 4 rings (SSSR count). The zero-order valence-corrected chi connectivity index (χ0v) is 14.7. The second kappa shape index (κ2) is 6.57. The number of anilines is 1. The van der Waals surface area contributed by atoms with Crippen molar-refractivity contribution in [1.82, 2.24) is 4.57 Å². The summed E-state index contributed by atoms with van der Waals surface area (Å²) in [6.07, 6.45) is 0.918. The molecule has 4 aromatic rings. The third-order valence-electron chi connectivity index (χ3n) is 4.45. The summed E-state index contributed by atoms with van der Waals surface area (Å²) in [4.78, 5) is 24.6. The molecule has 0 saturated heterocycles. The van der Waals surface area contributed by atoms with Crippen LogP contribution in [0.4, 0.5) is 5.88 Å². The lowest BCUT2D eigenvalue weighted by Gasteiger charge is -2.09. The molecule has 0 saturated carbocycles. The van der Waals surface area contributed by atoms with Crippen LogP contribution in [0.3, 0.4) is 0 Å². The van der Waals surface area contributed by atoms with Gasteiger partial charge in [-0.2, -0.15) is 0 Å². The van der Waals surface area contributed by atoms with Crippen LogP contribution in [-0.2, 0) is 11.3 Å². The summed E-state index contributed by atoms with van der Waals surface area (Å²) >= 11 is 0. The smallest absolute Gasteiger partial charge is 0.223 e. The highest BCUT2D eigenvalue weighted by Crippen LogP contribution is 2.30. The summed E-state index contributed by atoms with van der Waals surface area (Å²) in [5, 5.41) is 10.9. The van der Waals surface area contributed by atoms with Crippen LogP contribution in [0, 0.1) is 5.41 Å². The van der Waals surface area contributed by atoms with Crippen molar-refractivity contribution in [1.29, 1.82) is 5.41 Å². The number of carbonyl (C=O) groups excluding carboxylic acids is 1. The molecular weight excluding hydrogens is 342 g/mol. The fourth-order valence-electron chi connectivity index (χ4n) is 3.30. The van der Waals surface area contributed by atoms with Crippen LogP contribution in [-0.4, -0.2) is 16.7 Å². The predicted octanol–water partition coefficient (Wildman–Crippen LogP) is 3.75. The van der Waals surface area contributed by atoms with Gasteiger partial charge in [0.05, 0.1) is 5.52 Å². The average Bonchev–Trinajstić information content (AvgIpc) is 2.97. The van der Waals surface area contributed by atoms with Crippen LogP contribution in [0.2, 0.25) is 0 Å². The molecule has 2 aromatic heterocycles. The number of carbonyl (C=O) groups is 1. The first kappa shape index (κ1) is 16.8. The molecule has 0 aliphatic carbocycles.